The maximum absolute atomic E-state index is 13.2. The summed E-state index contributed by atoms with van der Waals surface area (Å²) in [4.78, 5) is 42.4. The fourth-order valence-corrected chi connectivity index (χ4v) is 6.02. The highest BCUT2D eigenvalue weighted by Gasteiger charge is 2.17. The molecule has 0 saturated carbocycles. The van der Waals surface area contributed by atoms with Gasteiger partial charge in [-0.25, -0.2) is 0 Å². The first-order valence-corrected chi connectivity index (χ1v) is 19.5. The normalized spacial score (nSPS) is 12.4. The highest BCUT2D eigenvalue weighted by Crippen LogP contribution is 2.17. The molecule has 1 aromatic carbocycles. The van der Waals surface area contributed by atoms with Crippen LogP contribution in [0.4, 0.5) is 0 Å². The molecule has 9 heteroatoms. The van der Waals surface area contributed by atoms with Crippen LogP contribution in [0.2, 0.25) is 0 Å². The molecule has 1 rings (SSSR count). The average Bonchev–Trinajstić information content (AvgIpc) is 3.06. The smallest absolute Gasteiger partial charge is 0.251 e. The predicted octanol–water partition coefficient (Wildman–Crippen LogP) is 10.4. The van der Waals surface area contributed by atoms with Crippen LogP contribution in [0.5, 0.6) is 0 Å². The SMILES string of the molecule is CC(C)CCC[C@H](C)CCNC(=O)c1cc(C(=O)NCCCCCCCCCCCN=[N+]=[N-])cc(C(=O)NCC[C@@H](C)CCCC(C)C)c1. The van der Waals surface area contributed by atoms with Gasteiger partial charge in [0.25, 0.3) is 17.7 Å². The van der Waals surface area contributed by atoms with E-state index in [-0.39, 0.29) is 17.7 Å². The van der Waals surface area contributed by atoms with Crippen molar-refractivity contribution in [3.8, 4) is 0 Å². The first-order chi connectivity index (χ1) is 23.5. The van der Waals surface area contributed by atoms with Gasteiger partial charge in [-0.1, -0.05) is 130 Å². The summed E-state index contributed by atoms with van der Waals surface area (Å²) in [7, 11) is 0. The Bertz CT molecular complexity index is 1060. The van der Waals surface area contributed by atoms with Gasteiger partial charge in [0.05, 0.1) is 0 Å². The largest absolute Gasteiger partial charge is 0.352 e. The molecule has 0 saturated heterocycles. The van der Waals surface area contributed by atoms with Gasteiger partial charge in [-0.15, -0.1) is 0 Å². The lowest BCUT2D eigenvalue weighted by molar-refractivity contribution is 0.0950. The second-order valence-electron chi connectivity index (χ2n) is 15.1. The van der Waals surface area contributed by atoms with E-state index in [0.717, 1.165) is 57.8 Å². The second-order valence-corrected chi connectivity index (χ2v) is 15.1. The van der Waals surface area contributed by atoms with Crippen LogP contribution in [-0.4, -0.2) is 43.9 Å². The Morgan fingerprint density at radius 3 is 1.29 bits per heavy atom. The third-order valence-electron chi connectivity index (χ3n) is 9.31. The summed E-state index contributed by atoms with van der Waals surface area (Å²) in [6, 6.07) is 4.83. The summed E-state index contributed by atoms with van der Waals surface area (Å²) in [6.07, 6.45) is 18.8. The molecule has 0 aromatic heterocycles. The number of hydrogen-bond acceptors (Lipinski definition) is 4. The van der Waals surface area contributed by atoms with Crippen molar-refractivity contribution in [2.75, 3.05) is 26.2 Å². The van der Waals surface area contributed by atoms with Crippen LogP contribution in [0, 0.1) is 23.7 Å². The second kappa shape index (κ2) is 27.7. The van der Waals surface area contributed by atoms with E-state index in [4.69, 9.17) is 5.53 Å². The van der Waals surface area contributed by atoms with E-state index in [0.29, 0.717) is 66.5 Å². The number of unbranched alkanes of at least 4 members (excludes halogenated alkanes) is 8. The summed E-state index contributed by atoms with van der Waals surface area (Å²) < 4.78 is 0. The van der Waals surface area contributed by atoms with Gasteiger partial charge in [0, 0.05) is 47.8 Å². The molecule has 3 N–H and O–H groups in total. The quantitative estimate of drug-likeness (QED) is 0.0336. The number of amides is 3. The van der Waals surface area contributed by atoms with Gasteiger partial charge in [-0.05, 0) is 73.1 Å². The topological polar surface area (TPSA) is 136 Å². The fraction of sp³-hybridized carbons (Fsp3) is 0.775. The molecule has 0 unspecified atom stereocenters. The fourth-order valence-electron chi connectivity index (χ4n) is 6.02. The lowest BCUT2D eigenvalue weighted by atomic mass is 9.97. The number of carbonyl (C=O) groups excluding carboxylic acids is 3. The Labute approximate surface area is 298 Å². The zero-order valence-corrected chi connectivity index (χ0v) is 32.0. The molecule has 2 atom stereocenters. The van der Waals surface area contributed by atoms with Crippen LogP contribution < -0.4 is 16.0 Å². The highest BCUT2D eigenvalue weighted by atomic mass is 16.2. The molecule has 9 nitrogen and oxygen atoms in total. The highest BCUT2D eigenvalue weighted by molar-refractivity contribution is 6.04. The molecule has 0 bridgehead atoms. The maximum atomic E-state index is 13.2. The summed E-state index contributed by atoms with van der Waals surface area (Å²) in [5.74, 6) is 1.67. The summed E-state index contributed by atoms with van der Waals surface area (Å²) in [6.45, 7) is 15.7. The van der Waals surface area contributed by atoms with Gasteiger partial charge in [0.1, 0.15) is 0 Å². The molecule has 278 valence electrons. The first kappa shape index (κ1) is 44.0. The minimum Gasteiger partial charge on any atom is -0.352 e. The van der Waals surface area contributed by atoms with E-state index >= 15 is 0 Å². The third-order valence-corrected chi connectivity index (χ3v) is 9.31. The van der Waals surface area contributed by atoms with Crippen LogP contribution in [0.25, 0.3) is 10.4 Å². The molecule has 0 spiro atoms. The molecule has 0 aliphatic rings. The lowest BCUT2D eigenvalue weighted by Gasteiger charge is -2.15. The van der Waals surface area contributed by atoms with Crippen LogP contribution >= 0.6 is 0 Å². The van der Waals surface area contributed by atoms with Crippen molar-refractivity contribution in [1.82, 2.24) is 16.0 Å². The molecule has 0 aliphatic carbocycles. The maximum Gasteiger partial charge on any atom is 0.251 e. The van der Waals surface area contributed by atoms with Gasteiger partial charge >= 0.3 is 0 Å². The van der Waals surface area contributed by atoms with E-state index in [1.807, 2.05) is 0 Å². The minimum absolute atomic E-state index is 0.257. The van der Waals surface area contributed by atoms with Gasteiger partial charge in [-0.3, -0.25) is 14.4 Å². The van der Waals surface area contributed by atoms with Gasteiger partial charge in [0.15, 0.2) is 0 Å². The number of hydrogen-bond donors (Lipinski definition) is 3. The zero-order chi connectivity index (χ0) is 36.3. The van der Waals surface area contributed by atoms with Crippen molar-refractivity contribution in [2.45, 2.75) is 151 Å². The summed E-state index contributed by atoms with van der Waals surface area (Å²) in [5.41, 5.74) is 9.33. The molecule has 0 heterocycles. The lowest BCUT2D eigenvalue weighted by Crippen LogP contribution is -2.30. The summed E-state index contributed by atoms with van der Waals surface area (Å²) >= 11 is 0. The Balaban J connectivity index is 2.69. The molecule has 49 heavy (non-hydrogen) atoms. The average molecular weight is 683 g/mol. The van der Waals surface area contributed by atoms with Crippen LogP contribution in [0.3, 0.4) is 0 Å². The van der Waals surface area contributed by atoms with Crippen molar-refractivity contribution in [3.05, 3.63) is 45.3 Å². The first-order valence-electron chi connectivity index (χ1n) is 19.5. The van der Waals surface area contributed by atoms with E-state index in [9.17, 15) is 14.4 Å². The van der Waals surface area contributed by atoms with Gasteiger partial charge in [0.2, 0.25) is 0 Å². The van der Waals surface area contributed by atoms with Crippen molar-refractivity contribution in [3.63, 3.8) is 0 Å². The molecule has 0 aliphatic heterocycles. The van der Waals surface area contributed by atoms with Crippen molar-refractivity contribution in [1.29, 1.82) is 0 Å². The Kier molecular flexibility index (Phi) is 24.9. The number of benzene rings is 1. The van der Waals surface area contributed by atoms with Gasteiger partial charge in [-0.2, -0.15) is 0 Å². The van der Waals surface area contributed by atoms with E-state index < -0.39 is 0 Å². The van der Waals surface area contributed by atoms with E-state index in [1.54, 1.807) is 18.2 Å². The number of rotatable bonds is 29. The third kappa shape index (κ3) is 23.1. The Morgan fingerprint density at radius 1 is 0.531 bits per heavy atom. The molecular formula is C40H70N6O3. The van der Waals surface area contributed by atoms with E-state index in [1.165, 1.54) is 51.4 Å². The van der Waals surface area contributed by atoms with Crippen LogP contribution in [0.1, 0.15) is 182 Å². The minimum atomic E-state index is -0.262. The zero-order valence-electron chi connectivity index (χ0n) is 32.0. The molecule has 0 fully saturated rings. The van der Waals surface area contributed by atoms with Crippen molar-refractivity contribution >= 4 is 17.7 Å². The number of azide groups is 1. The molecular weight excluding hydrogens is 612 g/mol. The molecule has 0 radical (unpaired) electrons. The van der Waals surface area contributed by atoms with Gasteiger partial charge < -0.3 is 16.0 Å². The van der Waals surface area contributed by atoms with Crippen LogP contribution in [-0.2, 0) is 0 Å². The molecule has 3 amide bonds. The monoisotopic (exact) mass is 683 g/mol. The number of nitrogens with zero attached hydrogens (tertiary/aromatic N) is 3. The van der Waals surface area contributed by atoms with E-state index in [2.05, 4.69) is 67.5 Å². The molecule has 1 aromatic rings. The summed E-state index contributed by atoms with van der Waals surface area (Å²) in [5, 5.41) is 12.6. The van der Waals surface area contributed by atoms with Crippen molar-refractivity contribution in [2.24, 2.45) is 28.8 Å². The standard InChI is InChI=1S/C40H70N6O3/c1-31(2)18-16-20-33(5)22-26-43-39(48)36-28-35(29-37(30-36)40(49)44-27-23-34(6)21-17-19-32(3)4)38(47)42-24-14-12-10-8-7-9-11-13-15-25-45-46-41/h28-34H,7-27H2,1-6H3,(H,42,47)(H,43,48)(H,44,49)/t33-,34-/m0/s1. The van der Waals surface area contributed by atoms with Crippen LogP contribution in [0.15, 0.2) is 23.3 Å². The Morgan fingerprint density at radius 2 is 0.898 bits per heavy atom. The number of nitrogens with one attached hydrogen (secondary N) is 3. The Hall–Kier alpha value is -3.06. The predicted molar refractivity (Wildman–Crippen MR) is 204 cm³/mol. The number of carbonyl (C=O) groups is 3. The van der Waals surface area contributed by atoms with Crippen molar-refractivity contribution < 1.29 is 14.4 Å².